The molecule has 0 bridgehead atoms. The summed E-state index contributed by atoms with van der Waals surface area (Å²) >= 11 is 5.34. The van der Waals surface area contributed by atoms with E-state index in [-0.39, 0.29) is 23.0 Å². The summed E-state index contributed by atoms with van der Waals surface area (Å²) in [5, 5.41) is 20.7. The first-order chi connectivity index (χ1) is 14.4. The number of aromatic nitrogens is 2. The molecule has 0 amide bonds. The molecule has 3 aromatic rings. The number of aromatic amines is 1. The van der Waals surface area contributed by atoms with E-state index in [1.54, 1.807) is 22.8 Å². The summed E-state index contributed by atoms with van der Waals surface area (Å²) < 4.78 is 15.0. The van der Waals surface area contributed by atoms with Crippen molar-refractivity contribution in [2.24, 2.45) is 5.92 Å². The minimum Gasteiger partial charge on any atom is -0.508 e. The highest BCUT2D eigenvalue weighted by molar-refractivity contribution is 7.71. The minimum absolute atomic E-state index is 0.0796. The average molecular weight is 430 g/mol. The van der Waals surface area contributed by atoms with Crippen LogP contribution >= 0.6 is 12.2 Å². The number of hydrogen-bond acceptors (Lipinski definition) is 5. The molecule has 1 aliphatic heterocycles. The lowest BCUT2D eigenvalue weighted by molar-refractivity contribution is 0.0578. The molecular formula is C22H24FN3O3S. The number of halogens is 1. The lowest BCUT2D eigenvalue weighted by Crippen LogP contribution is -2.38. The second-order valence-electron chi connectivity index (χ2n) is 7.79. The molecule has 1 fully saturated rings. The fourth-order valence-corrected chi connectivity index (χ4v) is 4.40. The van der Waals surface area contributed by atoms with Crippen molar-refractivity contribution in [1.29, 1.82) is 0 Å². The van der Waals surface area contributed by atoms with Gasteiger partial charge in [-0.05, 0) is 73.9 Å². The van der Waals surface area contributed by atoms with E-state index in [1.165, 1.54) is 24.3 Å². The zero-order chi connectivity index (χ0) is 21.3. The van der Waals surface area contributed by atoms with Crippen LogP contribution in [-0.4, -0.2) is 44.3 Å². The Morgan fingerprint density at radius 1 is 1.13 bits per heavy atom. The van der Waals surface area contributed by atoms with Crippen molar-refractivity contribution in [2.75, 3.05) is 19.6 Å². The van der Waals surface area contributed by atoms with E-state index in [2.05, 4.69) is 9.88 Å². The number of aliphatic hydroxyl groups excluding tert-OH is 1. The highest BCUT2D eigenvalue weighted by Gasteiger charge is 2.26. The number of aromatic hydroxyl groups is 1. The number of piperidine rings is 1. The van der Waals surface area contributed by atoms with Gasteiger partial charge in [0.05, 0.1) is 17.0 Å². The van der Waals surface area contributed by atoms with Crippen LogP contribution < -0.4 is 5.56 Å². The largest absolute Gasteiger partial charge is 0.508 e. The smallest absolute Gasteiger partial charge is 0.262 e. The third-order valence-electron chi connectivity index (χ3n) is 5.90. The van der Waals surface area contributed by atoms with Gasteiger partial charge >= 0.3 is 0 Å². The zero-order valence-electron chi connectivity index (χ0n) is 16.4. The summed E-state index contributed by atoms with van der Waals surface area (Å²) in [6.45, 7) is 2.78. The maximum Gasteiger partial charge on any atom is 0.262 e. The third-order valence-corrected chi connectivity index (χ3v) is 6.22. The molecule has 30 heavy (non-hydrogen) atoms. The van der Waals surface area contributed by atoms with Crippen LogP contribution in [0, 0.1) is 16.5 Å². The van der Waals surface area contributed by atoms with E-state index in [1.807, 2.05) is 0 Å². The van der Waals surface area contributed by atoms with Gasteiger partial charge in [0.25, 0.3) is 5.56 Å². The Morgan fingerprint density at radius 3 is 2.53 bits per heavy atom. The van der Waals surface area contributed by atoms with Crippen LogP contribution in [0.25, 0.3) is 10.9 Å². The summed E-state index contributed by atoms with van der Waals surface area (Å²) in [5.41, 5.74) is 1.10. The number of phenols is 1. The summed E-state index contributed by atoms with van der Waals surface area (Å²) in [4.78, 5) is 18.0. The number of phenolic OH excluding ortho intramolecular Hbond substituents is 1. The van der Waals surface area contributed by atoms with Crippen LogP contribution in [0.15, 0.2) is 47.3 Å². The lowest BCUT2D eigenvalue weighted by Gasteiger charge is -2.34. The summed E-state index contributed by atoms with van der Waals surface area (Å²) in [6, 6.07) is 10.6. The Bertz CT molecular complexity index is 1150. The van der Waals surface area contributed by atoms with Gasteiger partial charge in [0.15, 0.2) is 4.77 Å². The fourth-order valence-electron chi connectivity index (χ4n) is 4.11. The van der Waals surface area contributed by atoms with E-state index in [0.29, 0.717) is 28.8 Å². The Labute approximate surface area is 178 Å². The number of nitrogens with zero attached hydrogens (tertiary/aromatic N) is 2. The van der Waals surface area contributed by atoms with E-state index >= 15 is 0 Å². The first-order valence-corrected chi connectivity index (χ1v) is 10.4. The first-order valence-electron chi connectivity index (χ1n) is 10.0. The molecule has 0 spiro atoms. The van der Waals surface area contributed by atoms with Crippen LogP contribution in [0.5, 0.6) is 5.75 Å². The van der Waals surface area contributed by atoms with Gasteiger partial charge in [-0.1, -0.05) is 12.1 Å². The third kappa shape index (κ3) is 4.30. The number of benzene rings is 2. The average Bonchev–Trinajstić information content (AvgIpc) is 2.74. The first kappa shape index (κ1) is 20.7. The molecule has 1 aromatic heterocycles. The molecule has 1 atom stereocenters. The van der Waals surface area contributed by atoms with Gasteiger partial charge in [-0.2, -0.15) is 0 Å². The molecule has 1 aliphatic rings. The van der Waals surface area contributed by atoms with Gasteiger partial charge in [-0.25, -0.2) is 4.39 Å². The van der Waals surface area contributed by atoms with Crippen LogP contribution in [-0.2, 0) is 6.54 Å². The quantitative estimate of drug-likeness (QED) is 0.542. The summed E-state index contributed by atoms with van der Waals surface area (Å²) in [7, 11) is 0. The van der Waals surface area contributed by atoms with Crippen LogP contribution in [0.2, 0.25) is 0 Å². The van der Waals surface area contributed by atoms with Crippen molar-refractivity contribution in [2.45, 2.75) is 25.5 Å². The normalized spacial score (nSPS) is 16.7. The summed E-state index contributed by atoms with van der Waals surface area (Å²) in [6.07, 6.45) is 1.07. The zero-order valence-corrected chi connectivity index (χ0v) is 17.2. The predicted molar refractivity (Wildman–Crippen MR) is 116 cm³/mol. The molecule has 4 rings (SSSR count). The van der Waals surface area contributed by atoms with E-state index in [0.717, 1.165) is 31.5 Å². The number of likely N-dealkylation sites (tertiary alicyclic amines) is 1. The maximum atomic E-state index is 13.1. The second kappa shape index (κ2) is 8.67. The second-order valence-corrected chi connectivity index (χ2v) is 8.18. The molecule has 1 saturated heterocycles. The highest BCUT2D eigenvalue weighted by Crippen LogP contribution is 2.30. The molecule has 0 saturated carbocycles. The van der Waals surface area contributed by atoms with Crippen molar-refractivity contribution in [3.05, 3.63) is 69.0 Å². The van der Waals surface area contributed by atoms with Gasteiger partial charge in [0.1, 0.15) is 11.6 Å². The molecule has 158 valence electrons. The van der Waals surface area contributed by atoms with Crippen molar-refractivity contribution in [3.8, 4) is 5.75 Å². The van der Waals surface area contributed by atoms with Gasteiger partial charge in [0, 0.05) is 19.2 Å². The molecule has 0 aliphatic carbocycles. The maximum absolute atomic E-state index is 13.1. The number of rotatable bonds is 5. The summed E-state index contributed by atoms with van der Waals surface area (Å²) in [5.74, 6) is -0.0959. The Balaban J connectivity index is 1.38. The van der Waals surface area contributed by atoms with Crippen LogP contribution in [0.1, 0.15) is 24.5 Å². The van der Waals surface area contributed by atoms with Gasteiger partial charge in [0.2, 0.25) is 0 Å². The molecule has 6 nitrogen and oxygen atoms in total. The predicted octanol–water partition coefficient (Wildman–Crippen LogP) is 3.35. The van der Waals surface area contributed by atoms with Crippen molar-refractivity contribution in [1.82, 2.24) is 14.5 Å². The Morgan fingerprint density at radius 2 is 1.83 bits per heavy atom. The lowest BCUT2D eigenvalue weighted by atomic mass is 9.87. The molecule has 3 N–H and O–H groups in total. The molecule has 2 heterocycles. The van der Waals surface area contributed by atoms with Crippen LogP contribution in [0.3, 0.4) is 0 Å². The van der Waals surface area contributed by atoms with Crippen molar-refractivity contribution < 1.29 is 14.6 Å². The highest BCUT2D eigenvalue weighted by atomic mass is 32.1. The van der Waals surface area contributed by atoms with E-state index in [4.69, 9.17) is 12.2 Å². The number of nitrogens with one attached hydrogen (secondary N) is 1. The molecular weight excluding hydrogens is 405 g/mol. The van der Waals surface area contributed by atoms with Crippen LogP contribution in [0.4, 0.5) is 4.39 Å². The van der Waals surface area contributed by atoms with Gasteiger partial charge in [-0.3, -0.25) is 9.36 Å². The monoisotopic (exact) mass is 429 g/mol. The standard InChI is InChI=1S/C22H24FN3O3S/c23-16-3-1-14(2-4-16)20(28)15-7-9-25(10-8-15)11-12-26-21(29)18-6-5-17(27)13-19(18)24-22(26)30/h1-6,13,15,20,27-28H,7-12H2,(H,24,30). The SMILES string of the molecule is O=c1c2ccc(O)cc2[nH]c(=S)n1CCN1CCC(C(O)c2ccc(F)cc2)CC1. The number of fused-ring (bicyclic) bond motifs is 1. The molecule has 2 aromatic carbocycles. The van der Waals surface area contributed by atoms with Gasteiger partial charge in [-0.15, -0.1) is 0 Å². The minimum atomic E-state index is -0.596. The Kier molecular flexibility index (Phi) is 5.99. The molecule has 1 unspecified atom stereocenters. The number of aliphatic hydroxyl groups is 1. The van der Waals surface area contributed by atoms with E-state index in [9.17, 15) is 19.4 Å². The molecule has 0 radical (unpaired) electrons. The van der Waals surface area contributed by atoms with Crippen molar-refractivity contribution >= 4 is 23.1 Å². The van der Waals surface area contributed by atoms with Gasteiger partial charge < -0.3 is 20.1 Å². The Hall–Kier alpha value is -2.55. The fraction of sp³-hybridized carbons (Fsp3) is 0.364. The molecule has 8 heteroatoms. The van der Waals surface area contributed by atoms with Crippen molar-refractivity contribution in [3.63, 3.8) is 0 Å². The number of H-pyrrole nitrogens is 1. The van der Waals surface area contributed by atoms with E-state index < -0.39 is 6.10 Å². The number of hydrogen-bond donors (Lipinski definition) is 3. The topological polar surface area (TPSA) is 81.5 Å².